The quantitative estimate of drug-likeness (QED) is 0.835. The molecule has 2 rings (SSSR count). The molecule has 0 radical (unpaired) electrons. The molecule has 1 saturated carbocycles. The van der Waals surface area contributed by atoms with Gasteiger partial charge < -0.3 is 15.5 Å². The summed E-state index contributed by atoms with van der Waals surface area (Å²) in [4.78, 5) is 13.4. The fraction of sp³-hybridized carbons (Fsp3) is 0.500. The lowest BCUT2D eigenvalue weighted by Crippen LogP contribution is -2.33. The van der Waals surface area contributed by atoms with E-state index >= 15 is 0 Å². The van der Waals surface area contributed by atoms with E-state index in [9.17, 15) is 4.79 Å². The van der Waals surface area contributed by atoms with Gasteiger partial charge in [-0.05, 0) is 25.0 Å². The Labute approximate surface area is 119 Å². The van der Waals surface area contributed by atoms with Crippen LogP contribution in [0.4, 0.5) is 5.69 Å². The summed E-state index contributed by atoms with van der Waals surface area (Å²) in [6.07, 6.45) is 2.49. The Bertz CT molecular complexity index is 460. The van der Waals surface area contributed by atoms with Gasteiger partial charge in [-0.25, -0.2) is 0 Å². The minimum absolute atomic E-state index is 0.0106. The standard InChI is InChI=1S/C14H20ClN3O/c1-16-14(19)9-18(2)13-5-3-4-12(15)11(13)8-17-10-6-7-10/h3-5,10,17H,6-9H2,1-2H3,(H,16,19). The summed E-state index contributed by atoms with van der Waals surface area (Å²) in [6, 6.07) is 6.44. The highest BCUT2D eigenvalue weighted by Crippen LogP contribution is 2.28. The molecule has 0 aliphatic heterocycles. The summed E-state index contributed by atoms with van der Waals surface area (Å²) >= 11 is 6.28. The Morgan fingerprint density at radius 2 is 2.21 bits per heavy atom. The van der Waals surface area contributed by atoms with Gasteiger partial charge in [-0.2, -0.15) is 0 Å². The van der Waals surface area contributed by atoms with Crippen molar-refractivity contribution in [1.29, 1.82) is 0 Å². The molecule has 1 aromatic rings. The van der Waals surface area contributed by atoms with Crippen LogP contribution in [-0.4, -0.2) is 32.6 Å². The average Bonchev–Trinajstić information content (AvgIpc) is 3.20. The van der Waals surface area contributed by atoms with Crippen molar-refractivity contribution in [3.8, 4) is 0 Å². The van der Waals surface area contributed by atoms with Crippen molar-refractivity contribution >= 4 is 23.2 Å². The first-order valence-electron chi connectivity index (χ1n) is 6.54. The van der Waals surface area contributed by atoms with Crippen molar-refractivity contribution in [1.82, 2.24) is 10.6 Å². The van der Waals surface area contributed by atoms with Crippen LogP contribution in [-0.2, 0) is 11.3 Å². The molecular weight excluding hydrogens is 262 g/mol. The molecule has 5 heteroatoms. The van der Waals surface area contributed by atoms with Crippen LogP contribution in [0.15, 0.2) is 18.2 Å². The zero-order chi connectivity index (χ0) is 13.8. The smallest absolute Gasteiger partial charge is 0.239 e. The number of hydrogen-bond donors (Lipinski definition) is 2. The van der Waals surface area contributed by atoms with Gasteiger partial charge in [-0.15, -0.1) is 0 Å². The highest BCUT2D eigenvalue weighted by atomic mass is 35.5. The third kappa shape index (κ3) is 3.85. The van der Waals surface area contributed by atoms with Crippen LogP contribution in [0.1, 0.15) is 18.4 Å². The summed E-state index contributed by atoms with van der Waals surface area (Å²) in [5, 5.41) is 6.84. The molecule has 2 N–H and O–H groups in total. The molecule has 0 atom stereocenters. The normalized spacial score (nSPS) is 14.3. The second kappa shape index (κ2) is 6.26. The number of carbonyl (C=O) groups is 1. The Balaban J connectivity index is 2.12. The van der Waals surface area contributed by atoms with Crippen molar-refractivity contribution in [2.75, 3.05) is 25.5 Å². The van der Waals surface area contributed by atoms with Gasteiger partial charge in [0.25, 0.3) is 0 Å². The molecule has 1 aliphatic rings. The zero-order valence-corrected chi connectivity index (χ0v) is 12.1. The molecule has 1 aromatic carbocycles. The molecule has 1 aliphatic carbocycles. The predicted molar refractivity (Wildman–Crippen MR) is 78.7 cm³/mol. The van der Waals surface area contributed by atoms with Crippen LogP contribution < -0.4 is 15.5 Å². The Morgan fingerprint density at radius 1 is 1.47 bits per heavy atom. The number of nitrogens with one attached hydrogen (secondary N) is 2. The minimum atomic E-state index is -0.0106. The summed E-state index contributed by atoms with van der Waals surface area (Å²) in [6.45, 7) is 1.07. The number of hydrogen-bond acceptors (Lipinski definition) is 3. The first kappa shape index (κ1) is 14.2. The number of anilines is 1. The fourth-order valence-corrected chi connectivity index (χ4v) is 2.23. The summed E-state index contributed by atoms with van der Waals surface area (Å²) in [5.41, 5.74) is 2.06. The number of halogens is 1. The van der Waals surface area contributed by atoms with Crippen LogP contribution in [0.3, 0.4) is 0 Å². The van der Waals surface area contributed by atoms with Crippen molar-refractivity contribution in [3.63, 3.8) is 0 Å². The summed E-state index contributed by atoms with van der Waals surface area (Å²) in [5.74, 6) is -0.0106. The highest BCUT2D eigenvalue weighted by molar-refractivity contribution is 6.31. The maximum absolute atomic E-state index is 11.5. The number of carbonyl (C=O) groups excluding carboxylic acids is 1. The fourth-order valence-electron chi connectivity index (χ4n) is 1.99. The Morgan fingerprint density at radius 3 is 2.84 bits per heavy atom. The zero-order valence-electron chi connectivity index (χ0n) is 11.4. The van der Waals surface area contributed by atoms with E-state index in [2.05, 4.69) is 10.6 Å². The SMILES string of the molecule is CNC(=O)CN(C)c1cccc(Cl)c1CNC1CC1. The number of rotatable bonds is 6. The molecule has 19 heavy (non-hydrogen) atoms. The van der Waals surface area contributed by atoms with E-state index in [1.807, 2.05) is 30.1 Å². The molecule has 0 saturated heterocycles. The van der Waals surface area contributed by atoms with Crippen LogP contribution in [0, 0.1) is 0 Å². The first-order valence-corrected chi connectivity index (χ1v) is 6.92. The van der Waals surface area contributed by atoms with E-state index in [1.54, 1.807) is 7.05 Å². The number of likely N-dealkylation sites (N-methyl/N-ethyl adjacent to an activating group) is 2. The Hall–Kier alpha value is -1.26. The monoisotopic (exact) mass is 281 g/mol. The lowest BCUT2D eigenvalue weighted by Gasteiger charge is -2.22. The number of amides is 1. The minimum Gasteiger partial charge on any atom is -0.365 e. The molecule has 0 bridgehead atoms. The van der Waals surface area contributed by atoms with Crippen molar-refractivity contribution in [3.05, 3.63) is 28.8 Å². The van der Waals surface area contributed by atoms with Gasteiger partial charge in [0, 0.05) is 43.0 Å². The van der Waals surface area contributed by atoms with E-state index in [-0.39, 0.29) is 5.91 Å². The van der Waals surface area contributed by atoms with Crippen LogP contribution in [0.2, 0.25) is 5.02 Å². The van der Waals surface area contributed by atoms with Gasteiger partial charge in [-0.1, -0.05) is 17.7 Å². The average molecular weight is 282 g/mol. The highest BCUT2D eigenvalue weighted by Gasteiger charge is 2.21. The molecular formula is C14H20ClN3O. The van der Waals surface area contributed by atoms with Gasteiger partial charge >= 0.3 is 0 Å². The van der Waals surface area contributed by atoms with E-state index in [4.69, 9.17) is 11.6 Å². The second-order valence-electron chi connectivity index (χ2n) is 4.92. The van der Waals surface area contributed by atoms with Gasteiger partial charge in [0.1, 0.15) is 0 Å². The molecule has 4 nitrogen and oxygen atoms in total. The van der Waals surface area contributed by atoms with Gasteiger partial charge in [-0.3, -0.25) is 4.79 Å². The van der Waals surface area contributed by atoms with Crippen LogP contribution in [0.5, 0.6) is 0 Å². The molecule has 0 aromatic heterocycles. The van der Waals surface area contributed by atoms with Crippen molar-refractivity contribution < 1.29 is 4.79 Å². The van der Waals surface area contributed by atoms with Gasteiger partial charge in [0.05, 0.1) is 6.54 Å². The van der Waals surface area contributed by atoms with Gasteiger partial charge in [0.2, 0.25) is 5.91 Å². The first-order chi connectivity index (χ1) is 9.11. The van der Waals surface area contributed by atoms with E-state index in [0.717, 1.165) is 22.8 Å². The predicted octanol–water partition coefficient (Wildman–Crippen LogP) is 1.77. The molecule has 104 valence electrons. The molecule has 0 spiro atoms. The lowest BCUT2D eigenvalue weighted by atomic mass is 10.1. The summed E-state index contributed by atoms with van der Waals surface area (Å²) in [7, 11) is 3.55. The van der Waals surface area contributed by atoms with Crippen molar-refractivity contribution in [2.45, 2.75) is 25.4 Å². The van der Waals surface area contributed by atoms with E-state index in [0.29, 0.717) is 12.6 Å². The van der Waals surface area contributed by atoms with Gasteiger partial charge in [0.15, 0.2) is 0 Å². The second-order valence-corrected chi connectivity index (χ2v) is 5.33. The Kier molecular flexibility index (Phi) is 4.66. The molecule has 1 amide bonds. The topological polar surface area (TPSA) is 44.4 Å². The third-order valence-electron chi connectivity index (χ3n) is 3.31. The van der Waals surface area contributed by atoms with Crippen molar-refractivity contribution in [2.24, 2.45) is 0 Å². The largest absolute Gasteiger partial charge is 0.365 e. The van der Waals surface area contributed by atoms with E-state index < -0.39 is 0 Å². The maximum Gasteiger partial charge on any atom is 0.239 e. The number of benzene rings is 1. The lowest BCUT2D eigenvalue weighted by molar-refractivity contribution is -0.119. The summed E-state index contributed by atoms with van der Waals surface area (Å²) < 4.78 is 0. The van der Waals surface area contributed by atoms with Crippen LogP contribution >= 0.6 is 11.6 Å². The third-order valence-corrected chi connectivity index (χ3v) is 3.66. The van der Waals surface area contributed by atoms with E-state index in [1.165, 1.54) is 12.8 Å². The van der Waals surface area contributed by atoms with Crippen LogP contribution in [0.25, 0.3) is 0 Å². The number of nitrogens with zero attached hydrogens (tertiary/aromatic N) is 1. The maximum atomic E-state index is 11.5. The molecule has 0 unspecified atom stereocenters. The molecule has 0 heterocycles. The molecule has 1 fully saturated rings.